The first-order chi connectivity index (χ1) is 10.3. The fourth-order valence-corrected chi connectivity index (χ4v) is 2.52. The number of aliphatic hydroxyl groups is 1. The highest BCUT2D eigenvalue weighted by atomic mass is 16.3. The van der Waals surface area contributed by atoms with E-state index in [1.807, 2.05) is 6.92 Å². The zero-order valence-electron chi connectivity index (χ0n) is 13.9. The molecule has 0 aromatic carbocycles. The molecule has 0 bridgehead atoms. The van der Waals surface area contributed by atoms with Gasteiger partial charge in [0.25, 0.3) is 0 Å². The number of likely N-dealkylation sites (tertiary alicyclic amines) is 1. The Hall–Kier alpha value is -0.810. The molecule has 0 saturated carbocycles. The summed E-state index contributed by atoms with van der Waals surface area (Å²) in [5.41, 5.74) is 0. The van der Waals surface area contributed by atoms with E-state index in [-0.39, 0.29) is 12.5 Å². The summed E-state index contributed by atoms with van der Waals surface area (Å²) in [5, 5.41) is 15.7. The van der Waals surface area contributed by atoms with Crippen LogP contribution in [-0.4, -0.2) is 61.8 Å². The van der Waals surface area contributed by atoms with Crippen molar-refractivity contribution in [3.8, 4) is 0 Å². The van der Waals surface area contributed by atoms with Crippen LogP contribution in [0.4, 0.5) is 0 Å². The van der Waals surface area contributed by atoms with Gasteiger partial charge in [-0.25, -0.2) is 0 Å². The van der Waals surface area contributed by atoms with Gasteiger partial charge in [-0.2, -0.15) is 0 Å². The Morgan fingerprint density at radius 1 is 1.19 bits per heavy atom. The number of nitrogens with one attached hydrogen (secondary N) is 2. The van der Waals surface area contributed by atoms with Gasteiger partial charge in [0.15, 0.2) is 5.96 Å². The Morgan fingerprint density at radius 3 is 2.52 bits per heavy atom. The van der Waals surface area contributed by atoms with Gasteiger partial charge in [-0.3, -0.25) is 4.99 Å². The van der Waals surface area contributed by atoms with Gasteiger partial charge in [-0.05, 0) is 51.7 Å². The van der Waals surface area contributed by atoms with E-state index in [1.165, 1.54) is 45.3 Å². The molecule has 1 rings (SSSR count). The van der Waals surface area contributed by atoms with Crippen LogP contribution in [0.3, 0.4) is 0 Å². The van der Waals surface area contributed by atoms with E-state index in [2.05, 4.69) is 27.4 Å². The van der Waals surface area contributed by atoms with Gasteiger partial charge in [0.1, 0.15) is 0 Å². The van der Waals surface area contributed by atoms with Gasteiger partial charge >= 0.3 is 0 Å². The lowest BCUT2D eigenvalue weighted by molar-refractivity contribution is 0.241. The standard InChI is InChI=1S/C16H34N4O/c1-3-17-16(19-13-15(2)14-21)18-9-8-12-20-10-6-4-5-7-11-20/h15,21H,3-14H2,1-2H3,(H2,17,18,19). The number of guanidine groups is 1. The zero-order valence-corrected chi connectivity index (χ0v) is 13.9. The third-order valence-corrected chi connectivity index (χ3v) is 3.86. The summed E-state index contributed by atoms with van der Waals surface area (Å²) >= 11 is 0. The fraction of sp³-hybridized carbons (Fsp3) is 0.938. The van der Waals surface area contributed by atoms with Crippen LogP contribution in [0.1, 0.15) is 46.0 Å². The van der Waals surface area contributed by atoms with Crippen molar-refractivity contribution in [1.29, 1.82) is 0 Å². The van der Waals surface area contributed by atoms with Gasteiger partial charge < -0.3 is 20.6 Å². The van der Waals surface area contributed by atoms with Crippen LogP contribution in [0.25, 0.3) is 0 Å². The number of hydrogen-bond acceptors (Lipinski definition) is 3. The molecule has 1 aliphatic heterocycles. The normalized spacial score (nSPS) is 19.1. The van der Waals surface area contributed by atoms with Crippen molar-refractivity contribution in [2.24, 2.45) is 10.9 Å². The van der Waals surface area contributed by atoms with Gasteiger partial charge in [-0.15, -0.1) is 0 Å². The average molecular weight is 298 g/mol. The minimum Gasteiger partial charge on any atom is -0.396 e. The van der Waals surface area contributed by atoms with Crippen molar-refractivity contribution in [2.75, 3.05) is 45.9 Å². The van der Waals surface area contributed by atoms with E-state index in [0.29, 0.717) is 6.54 Å². The minimum atomic E-state index is 0.192. The molecule has 3 N–H and O–H groups in total. The lowest BCUT2D eigenvalue weighted by Gasteiger charge is -2.20. The summed E-state index contributed by atoms with van der Waals surface area (Å²) in [5.74, 6) is 1.09. The summed E-state index contributed by atoms with van der Waals surface area (Å²) in [6.45, 7) is 10.5. The van der Waals surface area contributed by atoms with Gasteiger partial charge in [0, 0.05) is 26.2 Å². The van der Waals surface area contributed by atoms with Crippen LogP contribution in [0.5, 0.6) is 0 Å². The molecule has 5 heteroatoms. The topological polar surface area (TPSA) is 59.9 Å². The van der Waals surface area contributed by atoms with Gasteiger partial charge in [0.05, 0.1) is 0 Å². The van der Waals surface area contributed by atoms with Crippen molar-refractivity contribution < 1.29 is 5.11 Å². The van der Waals surface area contributed by atoms with Gasteiger partial charge in [0.2, 0.25) is 0 Å². The van der Waals surface area contributed by atoms with Gasteiger partial charge in [-0.1, -0.05) is 19.8 Å². The number of aliphatic hydroxyl groups excluding tert-OH is 1. The maximum absolute atomic E-state index is 9.04. The summed E-state index contributed by atoms with van der Waals surface area (Å²) in [7, 11) is 0. The maximum atomic E-state index is 9.04. The summed E-state index contributed by atoms with van der Waals surface area (Å²) in [6, 6.07) is 0. The molecular weight excluding hydrogens is 264 g/mol. The number of aliphatic imine (C=N–C) groups is 1. The van der Waals surface area contributed by atoms with Crippen molar-refractivity contribution in [3.05, 3.63) is 0 Å². The highest BCUT2D eigenvalue weighted by molar-refractivity contribution is 5.79. The van der Waals surface area contributed by atoms with E-state index in [0.717, 1.165) is 25.5 Å². The molecule has 0 aromatic heterocycles. The summed E-state index contributed by atoms with van der Waals surface area (Å²) < 4.78 is 0. The number of hydrogen-bond donors (Lipinski definition) is 3. The van der Waals surface area contributed by atoms with Crippen molar-refractivity contribution >= 4 is 5.96 Å². The van der Waals surface area contributed by atoms with Crippen LogP contribution < -0.4 is 10.6 Å². The molecule has 0 aromatic rings. The fourth-order valence-electron chi connectivity index (χ4n) is 2.52. The monoisotopic (exact) mass is 298 g/mol. The van der Waals surface area contributed by atoms with E-state index in [9.17, 15) is 0 Å². The highest BCUT2D eigenvalue weighted by Gasteiger charge is 2.08. The summed E-state index contributed by atoms with van der Waals surface area (Å²) in [6.07, 6.45) is 6.66. The Bertz CT molecular complexity index is 275. The third kappa shape index (κ3) is 8.94. The quantitative estimate of drug-likeness (QED) is 0.360. The SMILES string of the molecule is CCNC(=NCC(C)CO)NCCCN1CCCCCC1. The van der Waals surface area contributed by atoms with Crippen LogP contribution >= 0.6 is 0 Å². The van der Waals surface area contributed by atoms with E-state index >= 15 is 0 Å². The second-order valence-corrected chi connectivity index (χ2v) is 6.04. The van der Waals surface area contributed by atoms with Crippen molar-refractivity contribution in [2.45, 2.75) is 46.0 Å². The molecule has 1 heterocycles. The molecule has 0 spiro atoms. The molecule has 124 valence electrons. The van der Waals surface area contributed by atoms with E-state index in [1.54, 1.807) is 0 Å². The van der Waals surface area contributed by atoms with Crippen molar-refractivity contribution in [1.82, 2.24) is 15.5 Å². The first-order valence-electron chi connectivity index (χ1n) is 8.61. The minimum absolute atomic E-state index is 0.192. The molecule has 1 fully saturated rings. The Morgan fingerprint density at radius 2 is 1.90 bits per heavy atom. The van der Waals surface area contributed by atoms with Crippen LogP contribution in [0.2, 0.25) is 0 Å². The van der Waals surface area contributed by atoms with Crippen LogP contribution in [0.15, 0.2) is 4.99 Å². The number of nitrogens with zero attached hydrogens (tertiary/aromatic N) is 2. The van der Waals surface area contributed by atoms with E-state index < -0.39 is 0 Å². The predicted molar refractivity (Wildman–Crippen MR) is 89.8 cm³/mol. The molecule has 0 aliphatic carbocycles. The van der Waals surface area contributed by atoms with Crippen molar-refractivity contribution in [3.63, 3.8) is 0 Å². The van der Waals surface area contributed by atoms with Crippen LogP contribution in [-0.2, 0) is 0 Å². The van der Waals surface area contributed by atoms with E-state index in [4.69, 9.17) is 5.11 Å². The Balaban J connectivity index is 2.19. The third-order valence-electron chi connectivity index (χ3n) is 3.86. The second kappa shape index (κ2) is 11.8. The zero-order chi connectivity index (χ0) is 15.3. The first kappa shape index (κ1) is 18.2. The Kier molecular flexibility index (Phi) is 10.3. The molecule has 0 amide bonds. The first-order valence-corrected chi connectivity index (χ1v) is 8.61. The molecule has 1 aliphatic rings. The lowest BCUT2D eigenvalue weighted by atomic mass is 10.2. The second-order valence-electron chi connectivity index (χ2n) is 6.04. The maximum Gasteiger partial charge on any atom is 0.191 e. The Labute approximate surface area is 130 Å². The molecule has 1 unspecified atom stereocenters. The molecule has 21 heavy (non-hydrogen) atoms. The predicted octanol–water partition coefficient (Wildman–Crippen LogP) is 1.44. The smallest absolute Gasteiger partial charge is 0.191 e. The summed E-state index contributed by atoms with van der Waals surface area (Å²) in [4.78, 5) is 7.09. The molecule has 5 nitrogen and oxygen atoms in total. The molecule has 0 radical (unpaired) electrons. The largest absolute Gasteiger partial charge is 0.396 e. The average Bonchev–Trinajstić information content (AvgIpc) is 2.77. The lowest BCUT2D eigenvalue weighted by Crippen LogP contribution is -2.39. The van der Waals surface area contributed by atoms with Crippen LogP contribution in [0, 0.1) is 5.92 Å². The highest BCUT2D eigenvalue weighted by Crippen LogP contribution is 2.09. The number of rotatable bonds is 8. The molecular formula is C16H34N4O. The molecule has 1 saturated heterocycles. The molecule has 1 atom stereocenters.